The van der Waals surface area contributed by atoms with E-state index in [1.807, 2.05) is 0 Å². The van der Waals surface area contributed by atoms with Gasteiger partial charge in [-0.1, -0.05) is 6.92 Å². The molecule has 1 aliphatic rings. The first kappa shape index (κ1) is 25.4. The molecule has 0 aliphatic carbocycles. The van der Waals surface area contributed by atoms with E-state index in [1.54, 1.807) is 13.1 Å². The van der Waals surface area contributed by atoms with E-state index in [1.165, 1.54) is 30.2 Å². The Morgan fingerprint density at radius 2 is 1.92 bits per heavy atom. The Labute approximate surface area is 201 Å². The third-order valence-corrected chi connectivity index (χ3v) is 5.83. The van der Waals surface area contributed by atoms with Gasteiger partial charge in [0.05, 0.1) is 23.7 Å². The average Bonchev–Trinajstić information content (AvgIpc) is 3.19. The van der Waals surface area contributed by atoms with Gasteiger partial charge in [-0.15, -0.1) is 0 Å². The van der Waals surface area contributed by atoms with Crippen molar-refractivity contribution in [1.82, 2.24) is 29.6 Å². The molecule has 1 amide bonds. The highest BCUT2D eigenvalue weighted by atomic mass is 19.4. The van der Waals surface area contributed by atoms with E-state index in [0.29, 0.717) is 6.20 Å². The summed E-state index contributed by atoms with van der Waals surface area (Å²) in [5.41, 5.74) is -1.16. The minimum atomic E-state index is -4.78. The Balaban J connectivity index is 1.62. The molecule has 2 unspecified atom stereocenters. The third-order valence-electron chi connectivity index (χ3n) is 5.83. The standard InChI is InChI=1S/C22H21F6N7O/c1-12-7-21(24,25)11-35(16(12)9-32-19-15(23)6-13(8-31-19)22(26,27)28)20(36)17-14(10-34(2)33-17)18-29-4-3-5-30-18/h3-6,8,10,12,16H,7,9,11H2,1-2H3,(H,31,32). The van der Waals surface area contributed by atoms with Gasteiger partial charge in [0.15, 0.2) is 23.2 Å². The Kier molecular flexibility index (Phi) is 6.62. The molecule has 0 spiro atoms. The largest absolute Gasteiger partial charge is 0.417 e. The number of aromatic nitrogens is 5. The van der Waals surface area contributed by atoms with Crippen LogP contribution in [-0.2, 0) is 13.2 Å². The van der Waals surface area contributed by atoms with Gasteiger partial charge in [0.25, 0.3) is 11.8 Å². The monoisotopic (exact) mass is 513 g/mol. The van der Waals surface area contributed by atoms with Crippen molar-refractivity contribution in [2.45, 2.75) is 31.5 Å². The minimum Gasteiger partial charge on any atom is -0.366 e. The smallest absolute Gasteiger partial charge is 0.366 e. The topological polar surface area (TPSA) is 88.8 Å². The summed E-state index contributed by atoms with van der Waals surface area (Å²) in [4.78, 5) is 26.1. The number of pyridine rings is 1. The Bertz CT molecular complexity index is 1250. The zero-order chi connectivity index (χ0) is 26.3. The maximum atomic E-state index is 14.5. The van der Waals surface area contributed by atoms with Crippen LogP contribution in [0.1, 0.15) is 29.4 Å². The molecule has 2 atom stereocenters. The molecular weight excluding hydrogens is 492 g/mol. The molecule has 1 fully saturated rings. The van der Waals surface area contributed by atoms with Gasteiger partial charge in [-0.3, -0.25) is 9.48 Å². The van der Waals surface area contributed by atoms with Crippen molar-refractivity contribution in [3.8, 4) is 11.4 Å². The summed E-state index contributed by atoms with van der Waals surface area (Å²) in [6.07, 6.45) is -0.446. The molecule has 0 saturated carbocycles. The van der Waals surface area contributed by atoms with Crippen LogP contribution in [0.5, 0.6) is 0 Å². The molecule has 0 bridgehead atoms. The zero-order valence-corrected chi connectivity index (χ0v) is 19.1. The average molecular weight is 513 g/mol. The van der Waals surface area contributed by atoms with Gasteiger partial charge in [0.2, 0.25) is 0 Å². The second kappa shape index (κ2) is 9.39. The summed E-state index contributed by atoms with van der Waals surface area (Å²) >= 11 is 0. The zero-order valence-electron chi connectivity index (χ0n) is 19.1. The molecule has 14 heteroatoms. The molecule has 0 aromatic carbocycles. The summed E-state index contributed by atoms with van der Waals surface area (Å²) in [5, 5.41) is 6.70. The lowest BCUT2D eigenvalue weighted by Gasteiger charge is -2.43. The van der Waals surface area contributed by atoms with Crippen LogP contribution in [0.3, 0.4) is 0 Å². The summed E-state index contributed by atoms with van der Waals surface area (Å²) < 4.78 is 83.0. The number of nitrogens with zero attached hydrogens (tertiary/aromatic N) is 6. The number of hydrogen-bond donors (Lipinski definition) is 1. The van der Waals surface area contributed by atoms with E-state index in [0.717, 1.165) is 4.90 Å². The molecule has 8 nitrogen and oxygen atoms in total. The predicted molar refractivity (Wildman–Crippen MR) is 115 cm³/mol. The van der Waals surface area contributed by atoms with E-state index in [4.69, 9.17) is 0 Å². The molecule has 4 rings (SSSR count). The SMILES string of the molecule is CC1CC(F)(F)CN(C(=O)c2nn(C)cc2-c2ncccn2)C1CNc1ncc(C(F)(F)F)cc1F. The quantitative estimate of drug-likeness (QED) is 0.519. The van der Waals surface area contributed by atoms with Crippen molar-refractivity contribution in [3.05, 3.63) is 54.0 Å². The lowest BCUT2D eigenvalue weighted by atomic mass is 9.88. The van der Waals surface area contributed by atoms with Crippen LogP contribution >= 0.6 is 0 Å². The lowest BCUT2D eigenvalue weighted by molar-refractivity contribution is -0.138. The summed E-state index contributed by atoms with van der Waals surface area (Å²) in [5.74, 6) is -6.32. The van der Waals surface area contributed by atoms with Crippen molar-refractivity contribution in [2.24, 2.45) is 13.0 Å². The first-order valence-corrected chi connectivity index (χ1v) is 10.8. The van der Waals surface area contributed by atoms with E-state index >= 15 is 0 Å². The van der Waals surface area contributed by atoms with Crippen molar-refractivity contribution < 1.29 is 31.1 Å². The maximum absolute atomic E-state index is 14.5. The predicted octanol–water partition coefficient (Wildman–Crippen LogP) is 4.03. The molecule has 1 aliphatic heterocycles. The molecule has 3 aromatic heterocycles. The van der Waals surface area contributed by atoms with E-state index in [-0.39, 0.29) is 29.7 Å². The number of likely N-dealkylation sites (tertiary alicyclic amines) is 1. The van der Waals surface area contributed by atoms with Crippen LogP contribution in [0.25, 0.3) is 11.4 Å². The number of hydrogen-bond acceptors (Lipinski definition) is 6. The van der Waals surface area contributed by atoms with Crippen LogP contribution in [0.15, 0.2) is 36.9 Å². The lowest BCUT2D eigenvalue weighted by Crippen LogP contribution is -2.57. The number of carbonyl (C=O) groups is 1. The number of halogens is 6. The molecule has 1 saturated heterocycles. The van der Waals surface area contributed by atoms with E-state index < -0.39 is 60.1 Å². The van der Waals surface area contributed by atoms with Gasteiger partial charge in [-0.25, -0.2) is 28.1 Å². The summed E-state index contributed by atoms with van der Waals surface area (Å²) in [6, 6.07) is 0.994. The van der Waals surface area contributed by atoms with Crippen molar-refractivity contribution in [1.29, 1.82) is 0 Å². The number of anilines is 1. The van der Waals surface area contributed by atoms with Crippen LogP contribution < -0.4 is 5.32 Å². The number of alkyl halides is 5. The number of carbonyl (C=O) groups excluding carboxylic acids is 1. The number of rotatable bonds is 5. The second-order valence-corrected chi connectivity index (χ2v) is 8.61. The number of piperidine rings is 1. The van der Waals surface area contributed by atoms with Crippen LogP contribution in [0.2, 0.25) is 0 Å². The fraction of sp³-hybridized carbons (Fsp3) is 0.409. The summed E-state index contributed by atoms with van der Waals surface area (Å²) in [6.45, 7) is 0.356. The van der Waals surface area contributed by atoms with Gasteiger partial charge in [0.1, 0.15) is 0 Å². The highest BCUT2D eigenvalue weighted by Gasteiger charge is 2.47. The van der Waals surface area contributed by atoms with Gasteiger partial charge >= 0.3 is 6.18 Å². The molecule has 0 radical (unpaired) electrons. The fourth-order valence-electron chi connectivity index (χ4n) is 4.19. The van der Waals surface area contributed by atoms with Crippen molar-refractivity contribution in [3.63, 3.8) is 0 Å². The molecule has 36 heavy (non-hydrogen) atoms. The van der Waals surface area contributed by atoms with Gasteiger partial charge < -0.3 is 10.2 Å². The Hall–Kier alpha value is -3.71. The minimum absolute atomic E-state index is 0.141. The van der Waals surface area contributed by atoms with E-state index in [9.17, 15) is 31.1 Å². The molecule has 3 aromatic rings. The molecule has 1 N–H and O–H groups in total. The number of aryl methyl sites for hydroxylation is 1. The van der Waals surface area contributed by atoms with Crippen LogP contribution in [0, 0.1) is 11.7 Å². The first-order valence-electron chi connectivity index (χ1n) is 10.8. The summed E-state index contributed by atoms with van der Waals surface area (Å²) in [7, 11) is 1.55. The molecule has 192 valence electrons. The van der Waals surface area contributed by atoms with Gasteiger partial charge in [-0.2, -0.15) is 18.3 Å². The highest BCUT2D eigenvalue weighted by Crippen LogP contribution is 2.36. The maximum Gasteiger partial charge on any atom is 0.417 e. The fourth-order valence-corrected chi connectivity index (χ4v) is 4.19. The number of amides is 1. The van der Waals surface area contributed by atoms with Crippen LogP contribution in [-0.4, -0.2) is 60.6 Å². The third kappa shape index (κ3) is 5.26. The number of nitrogens with one attached hydrogen (secondary N) is 1. The Morgan fingerprint density at radius 1 is 1.22 bits per heavy atom. The normalized spacial score (nSPS) is 19.8. The van der Waals surface area contributed by atoms with Crippen molar-refractivity contribution >= 4 is 11.7 Å². The molecular formula is C22H21F6N7O. The molecule has 4 heterocycles. The van der Waals surface area contributed by atoms with E-state index in [2.05, 4.69) is 25.4 Å². The highest BCUT2D eigenvalue weighted by molar-refractivity contribution is 5.98. The Morgan fingerprint density at radius 3 is 2.56 bits per heavy atom. The van der Waals surface area contributed by atoms with Gasteiger partial charge in [-0.05, 0) is 18.1 Å². The first-order chi connectivity index (χ1) is 16.9. The van der Waals surface area contributed by atoms with Crippen LogP contribution in [0.4, 0.5) is 32.2 Å². The van der Waals surface area contributed by atoms with Gasteiger partial charge in [0, 0.05) is 44.8 Å². The second-order valence-electron chi connectivity index (χ2n) is 8.61. The van der Waals surface area contributed by atoms with Crippen molar-refractivity contribution in [2.75, 3.05) is 18.4 Å².